The fourth-order valence-electron chi connectivity index (χ4n) is 11.4. The van der Waals surface area contributed by atoms with E-state index < -0.39 is 97.5 Å². The number of phosphoric acid groups is 2. The molecule has 0 amide bonds. The van der Waals surface area contributed by atoms with Gasteiger partial charge in [-0.15, -0.1) is 0 Å². The van der Waals surface area contributed by atoms with Gasteiger partial charge < -0.3 is 33.8 Å². The zero-order valence-electron chi connectivity index (χ0n) is 61.3. The van der Waals surface area contributed by atoms with Crippen molar-refractivity contribution in [1.29, 1.82) is 0 Å². The molecule has 0 saturated heterocycles. The third kappa shape index (κ3) is 67.3. The van der Waals surface area contributed by atoms with Gasteiger partial charge in [0.25, 0.3) is 0 Å². The van der Waals surface area contributed by atoms with Crippen LogP contribution in [0.5, 0.6) is 0 Å². The average molecular weight is 1380 g/mol. The van der Waals surface area contributed by atoms with Crippen molar-refractivity contribution < 1.29 is 80.2 Å². The SMILES string of the molecule is CCCCCCCCCCCCCCCCCCCC(=O)O[C@H](COC(=O)CCCCCCCCCCCCC(C)CC)COP(=O)(O)OC[C@@H](O)COP(=O)(O)OC[C@@H](COC(=O)CCCCCCCCCCCCC)OC(=O)CCCCCCCCCCCC(C)C. The molecule has 0 bridgehead atoms. The Hall–Kier alpha value is -1.94. The van der Waals surface area contributed by atoms with Crippen LogP contribution in [0, 0.1) is 11.8 Å². The number of aliphatic hydroxyl groups excluding tert-OH is 1. The summed E-state index contributed by atoms with van der Waals surface area (Å²) >= 11 is 0. The Morgan fingerprint density at radius 3 is 0.809 bits per heavy atom. The van der Waals surface area contributed by atoms with Crippen LogP contribution in [0.25, 0.3) is 0 Å². The number of rotatable bonds is 74. The van der Waals surface area contributed by atoms with Gasteiger partial charge in [-0.1, -0.05) is 337 Å². The van der Waals surface area contributed by atoms with Gasteiger partial charge in [0.15, 0.2) is 12.2 Å². The molecule has 19 heteroatoms. The molecular formula is C75H146O17P2. The van der Waals surface area contributed by atoms with Crippen LogP contribution in [0.1, 0.15) is 388 Å². The Kier molecular flexibility index (Phi) is 65.5. The third-order valence-electron chi connectivity index (χ3n) is 17.8. The van der Waals surface area contributed by atoms with Gasteiger partial charge in [-0.2, -0.15) is 0 Å². The maximum atomic E-state index is 13.1. The second kappa shape index (κ2) is 66.9. The van der Waals surface area contributed by atoms with E-state index in [1.54, 1.807) is 0 Å². The van der Waals surface area contributed by atoms with E-state index in [4.69, 9.17) is 37.0 Å². The summed E-state index contributed by atoms with van der Waals surface area (Å²) in [7, 11) is -9.91. The normalized spacial score (nSPS) is 14.3. The maximum absolute atomic E-state index is 13.1. The molecule has 94 heavy (non-hydrogen) atoms. The van der Waals surface area contributed by atoms with E-state index in [9.17, 15) is 43.2 Å². The number of hydrogen-bond donors (Lipinski definition) is 3. The predicted molar refractivity (Wildman–Crippen MR) is 381 cm³/mol. The lowest BCUT2D eigenvalue weighted by molar-refractivity contribution is -0.161. The van der Waals surface area contributed by atoms with Gasteiger partial charge in [0.2, 0.25) is 0 Å². The van der Waals surface area contributed by atoms with Gasteiger partial charge in [0, 0.05) is 25.7 Å². The minimum Gasteiger partial charge on any atom is -0.462 e. The molecule has 0 radical (unpaired) electrons. The predicted octanol–water partition coefficient (Wildman–Crippen LogP) is 21.9. The standard InChI is InChI=1S/C75H146O17P2/c1-7-10-12-14-16-18-20-21-22-23-24-25-27-35-41-47-53-59-74(79)91-70(63-86-73(78)58-52-46-40-34-29-28-32-38-44-50-56-68(6)9-3)65-89-93(81,82)87-61-69(76)62-88-94(83,84)90-66-71(64-85-72(77)57-51-45-39-33-26-19-17-15-13-11-8-2)92-75(80)60-54-48-42-36-30-31-37-43-49-55-67(4)5/h67-71,76H,7-66H2,1-6H3,(H,81,82)(H,83,84)/t68?,69-,70-,71-/m1/s1. The molecule has 17 nitrogen and oxygen atoms in total. The van der Waals surface area contributed by atoms with Crippen molar-refractivity contribution in [2.45, 2.75) is 407 Å². The fraction of sp³-hybridized carbons (Fsp3) is 0.947. The van der Waals surface area contributed by atoms with Crippen molar-refractivity contribution in [3.8, 4) is 0 Å². The summed E-state index contributed by atoms with van der Waals surface area (Å²) in [5.41, 5.74) is 0. The molecule has 3 unspecified atom stereocenters. The highest BCUT2D eigenvalue weighted by Gasteiger charge is 2.30. The lowest BCUT2D eigenvalue weighted by Gasteiger charge is -2.21. The van der Waals surface area contributed by atoms with Crippen molar-refractivity contribution in [3.63, 3.8) is 0 Å². The minimum atomic E-state index is -4.96. The van der Waals surface area contributed by atoms with Gasteiger partial charge in [-0.25, -0.2) is 9.13 Å². The van der Waals surface area contributed by atoms with Crippen molar-refractivity contribution in [2.75, 3.05) is 39.6 Å². The van der Waals surface area contributed by atoms with Crippen molar-refractivity contribution in [1.82, 2.24) is 0 Å². The smallest absolute Gasteiger partial charge is 0.462 e. The van der Waals surface area contributed by atoms with Crippen LogP contribution in [-0.2, 0) is 65.4 Å². The zero-order valence-corrected chi connectivity index (χ0v) is 63.1. The van der Waals surface area contributed by atoms with E-state index in [2.05, 4.69) is 41.5 Å². The molecule has 0 aromatic heterocycles. The second-order valence-electron chi connectivity index (χ2n) is 27.8. The summed E-state index contributed by atoms with van der Waals surface area (Å²) in [4.78, 5) is 72.8. The Morgan fingerprint density at radius 2 is 0.543 bits per heavy atom. The van der Waals surface area contributed by atoms with Crippen LogP contribution >= 0.6 is 15.6 Å². The Bertz CT molecular complexity index is 1820. The molecule has 0 saturated carbocycles. The monoisotopic (exact) mass is 1380 g/mol. The van der Waals surface area contributed by atoms with Crippen LogP contribution in [0.4, 0.5) is 0 Å². The van der Waals surface area contributed by atoms with Gasteiger partial charge in [-0.3, -0.25) is 37.3 Å². The molecule has 0 aliphatic carbocycles. The summed E-state index contributed by atoms with van der Waals surface area (Å²) in [6.45, 7) is 9.59. The van der Waals surface area contributed by atoms with E-state index in [0.717, 1.165) is 102 Å². The third-order valence-corrected chi connectivity index (χ3v) is 19.7. The Labute approximate surface area is 575 Å². The van der Waals surface area contributed by atoms with E-state index in [-0.39, 0.29) is 25.7 Å². The first-order chi connectivity index (χ1) is 45.4. The van der Waals surface area contributed by atoms with Gasteiger partial charge in [0.1, 0.15) is 19.3 Å². The molecular weight excluding hydrogens is 1230 g/mol. The molecule has 0 fully saturated rings. The summed E-state index contributed by atoms with van der Waals surface area (Å²) in [6, 6.07) is 0. The highest BCUT2D eigenvalue weighted by molar-refractivity contribution is 7.47. The molecule has 558 valence electrons. The number of carbonyl (C=O) groups is 4. The summed E-state index contributed by atoms with van der Waals surface area (Å²) in [6.07, 6.45) is 53.9. The first-order valence-electron chi connectivity index (χ1n) is 39.0. The number of esters is 4. The number of aliphatic hydroxyl groups is 1. The minimum absolute atomic E-state index is 0.106. The fourth-order valence-corrected chi connectivity index (χ4v) is 13.0. The van der Waals surface area contributed by atoms with Crippen LogP contribution in [0.15, 0.2) is 0 Å². The van der Waals surface area contributed by atoms with E-state index in [1.165, 1.54) is 205 Å². The molecule has 0 spiro atoms. The van der Waals surface area contributed by atoms with E-state index in [0.29, 0.717) is 25.7 Å². The number of carbonyl (C=O) groups excluding carboxylic acids is 4. The van der Waals surface area contributed by atoms with Crippen LogP contribution in [0.3, 0.4) is 0 Å². The summed E-state index contributed by atoms with van der Waals surface area (Å²) < 4.78 is 68.5. The maximum Gasteiger partial charge on any atom is 0.472 e. The topological polar surface area (TPSA) is 237 Å². The highest BCUT2D eigenvalue weighted by Crippen LogP contribution is 2.45. The molecule has 0 heterocycles. The lowest BCUT2D eigenvalue weighted by atomic mass is 9.99. The van der Waals surface area contributed by atoms with Crippen molar-refractivity contribution in [2.24, 2.45) is 11.8 Å². The van der Waals surface area contributed by atoms with Gasteiger partial charge >= 0.3 is 39.5 Å². The Morgan fingerprint density at radius 1 is 0.309 bits per heavy atom. The molecule has 3 N–H and O–H groups in total. The van der Waals surface area contributed by atoms with E-state index in [1.807, 2.05) is 0 Å². The molecule has 0 aromatic rings. The molecule has 0 aromatic carbocycles. The molecule has 6 atom stereocenters. The highest BCUT2D eigenvalue weighted by atomic mass is 31.2. The summed E-state index contributed by atoms with van der Waals surface area (Å²) in [5, 5.41) is 10.6. The first kappa shape index (κ1) is 92.1. The van der Waals surface area contributed by atoms with Crippen LogP contribution < -0.4 is 0 Å². The van der Waals surface area contributed by atoms with E-state index >= 15 is 0 Å². The lowest BCUT2D eigenvalue weighted by Crippen LogP contribution is -2.30. The van der Waals surface area contributed by atoms with Gasteiger partial charge in [0.05, 0.1) is 26.4 Å². The van der Waals surface area contributed by atoms with Crippen molar-refractivity contribution in [3.05, 3.63) is 0 Å². The number of unbranched alkanes of at least 4 members (excludes halogenated alkanes) is 43. The average Bonchev–Trinajstić information content (AvgIpc) is 2.10. The second-order valence-corrected chi connectivity index (χ2v) is 30.7. The Balaban J connectivity index is 5.25. The quantitative estimate of drug-likeness (QED) is 0.0222. The first-order valence-corrected chi connectivity index (χ1v) is 42.0. The van der Waals surface area contributed by atoms with Crippen molar-refractivity contribution >= 4 is 39.5 Å². The molecule has 0 aliphatic rings. The molecule has 0 rings (SSSR count). The zero-order chi connectivity index (χ0) is 69.3. The summed E-state index contributed by atoms with van der Waals surface area (Å²) in [5.74, 6) is -0.570. The van der Waals surface area contributed by atoms with Gasteiger partial charge in [-0.05, 0) is 37.5 Å². The number of hydrogen-bond acceptors (Lipinski definition) is 15. The number of ether oxygens (including phenoxy) is 4. The largest absolute Gasteiger partial charge is 0.472 e. The van der Waals surface area contributed by atoms with Crippen LogP contribution in [-0.4, -0.2) is 96.7 Å². The van der Waals surface area contributed by atoms with Crippen LogP contribution in [0.2, 0.25) is 0 Å². The number of phosphoric ester groups is 2. The molecule has 0 aliphatic heterocycles.